The summed E-state index contributed by atoms with van der Waals surface area (Å²) >= 11 is 0. The van der Waals surface area contributed by atoms with Crippen molar-refractivity contribution >= 4 is 28.8 Å². The second-order valence-corrected chi connectivity index (χ2v) is 6.78. The van der Waals surface area contributed by atoms with Crippen LogP contribution in [-0.4, -0.2) is 57.3 Å². The van der Waals surface area contributed by atoms with Crippen LogP contribution >= 0.6 is 0 Å². The molecule has 2 aromatic rings. The first-order valence-electron chi connectivity index (χ1n) is 10.2. The molecule has 0 spiro atoms. The number of nitrogens with zero attached hydrogens (tertiary/aromatic N) is 4. The highest BCUT2D eigenvalue weighted by Gasteiger charge is 2.19. The summed E-state index contributed by atoms with van der Waals surface area (Å²) in [5, 5.41) is 16.0. The van der Waals surface area contributed by atoms with E-state index in [1.165, 1.54) is 28.4 Å². The Hall–Kier alpha value is -4.21. The molecule has 10 heteroatoms. The lowest BCUT2D eigenvalue weighted by Crippen LogP contribution is -2.19. The van der Waals surface area contributed by atoms with Crippen LogP contribution in [0.3, 0.4) is 0 Å². The predicted octanol–water partition coefficient (Wildman–Crippen LogP) is 3.52. The molecule has 0 aliphatic heterocycles. The molecule has 0 aliphatic carbocycles. The van der Waals surface area contributed by atoms with Crippen LogP contribution in [0, 0.1) is 0 Å². The Labute approximate surface area is 198 Å². The third-order valence-corrected chi connectivity index (χ3v) is 4.58. The molecular weight excluding hydrogens is 440 g/mol. The van der Waals surface area contributed by atoms with Crippen LogP contribution in [0.2, 0.25) is 0 Å². The Kier molecular flexibility index (Phi) is 10.2. The summed E-state index contributed by atoms with van der Waals surface area (Å²) in [6.07, 6.45) is 0. The fraction of sp³-hybridized carbons (Fsp3) is 0.292. The van der Waals surface area contributed by atoms with Crippen molar-refractivity contribution < 1.29 is 28.9 Å². The molecule has 0 fully saturated rings. The van der Waals surface area contributed by atoms with Crippen LogP contribution in [0.15, 0.2) is 69.2 Å². The van der Waals surface area contributed by atoms with E-state index in [0.717, 1.165) is 16.8 Å². The van der Waals surface area contributed by atoms with Gasteiger partial charge in [0.05, 0.1) is 12.8 Å². The molecule has 0 aliphatic rings. The summed E-state index contributed by atoms with van der Waals surface area (Å²) in [7, 11) is 5.58. The molecule has 0 saturated carbocycles. The Bertz CT molecular complexity index is 1090. The van der Waals surface area contributed by atoms with Gasteiger partial charge in [0.25, 0.3) is 0 Å². The summed E-state index contributed by atoms with van der Waals surface area (Å²) in [5.41, 5.74) is 4.63. The van der Waals surface area contributed by atoms with Crippen molar-refractivity contribution in [2.75, 3.05) is 28.4 Å². The molecule has 0 amide bonds. The molecule has 0 saturated heterocycles. The number of hydrogen-bond donors (Lipinski definition) is 0. The van der Waals surface area contributed by atoms with Gasteiger partial charge in [-0.05, 0) is 19.4 Å². The number of carbonyl (C=O) groups excluding carboxylic acids is 1. The summed E-state index contributed by atoms with van der Waals surface area (Å²) in [5.74, 6) is -0.627. The topological polar surface area (TPSA) is 113 Å². The van der Waals surface area contributed by atoms with Crippen molar-refractivity contribution in [2.24, 2.45) is 20.6 Å². The second-order valence-electron chi connectivity index (χ2n) is 6.78. The Morgan fingerprint density at radius 1 is 0.735 bits per heavy atom. The van der Waals surface area contributed by atoms with E-state index in [1.807, 2.05) is 37.3 Å². The SMILES string of the molecule is CON=C(C)c1ccc(C(=NOC)C(C)=NOCc2ccccc2C(=NOC)C(=O)OC)cc1. The lowest BCUT2D eigenvalue weighted by atomic mass is 10.0. The number of oxime groups is 4. The van der Waals surface area contributed by atoms with Gasteiger partial charge < -0.3 is 24.1 Å². The van der Waals surface area contributed by atoms with Crippen molar-refractivity contribution in [3.05, 3.63) is 70.8 Å². The average molecular weight is 469 g/mol. The highest BCUT2D eigenvalue weighted by molar-refractivity contribution is 6.47. The number of esters is 1. The normalized spacial score (nSPS) is 12.8. The van der Waals surface area contributed by atoms with E-state index in [0.29, 0.717) is 22.6 Å². The van der Waals surface area contributed by atoms with E-state index < -0.39 is 5.97 Å². The van der Waals surface area contributed by atoms with Gasteiger partial charge in [0.1, 0.15) is 39.4 Å². The fourth-order valence-electron chi connectivity index (χ4n) is 2.98. The zero-order chi connectivity index (χ0) is 24.9. The van der Waals surface area contributed by atoms with Crippen molar-refractivity contribution in [1.82, 2.24) is 0 Å². The summed E-state index contributed by atoms with van der Waals surface area (Å²) < 4.78 is 4.80. The van der Waals surface area contributed by atoms with E-state index in [9.17, 15) is 4.79 Å². The molecule has 0 radical (unpaired) electrons. The molecule has 0 bridgehead atoms. The maximum absolute atomic E-state index is 12.1. The molecule has 2 rings (SSSR count). The molecule has 34 heavy (non-hydrogen) atoms. The van der Waals surface area contributed by atoms with E-state index in [1.54, 1.807) is 25.1 Å². The highest BCUT2D eigenvalue weighted by Crippen LogP contribution is 2.14. The lowest BCUT2D eigenvalue weighted by Gasteiger charge is -2.10. The Balaban J connectivity index is 2.24. The van der Waals surface area contributed by atoms with Crippen molar-refractivity contribution in [2.45, 2.75) is 20.5 Å². The van der Waals surface area contributed by atoms with Crippen LogP contribution in [0.4, 0.5) is 0 Å². The maximum Gasteiger partial charge on any atom is 0.360 e. The van der Waals surface area contributed by atoms with Gasteiger partial charge in [-0.2, -0.15) is 0 Å². The van der Waals surface area contributed by atoms with Crippen LogP contribution in [0.1, 0.15) is 36.1 Å². The minimum absolute atomic E-state index is 0.0268. The van der Waals surface area contributed by atoms with E-state index in [-0.39, 0.29) is 12.3 Å². The first kappa shape index (κ1) is 26.0. The molecule has 180 valence electrons. The molecule has 0 atom stereocenters. The summed E-state index contributed by atoms with van der Waals surface area (Å²) in [4.78, 5) is 32.3. The average Bonchev–Trinajstić information content (AvgIpc) is 2.86. The zero-order valence-corrected chi connectivity index (χ0v) is 20.1. The number of hydrogen-bond acceptors (Lipinski definition) is 10. The fourth-order valence-corrected chi connectivity index (χ4v) is 2.98. The number of carbonyl (C=O) groups is 1. The third-order valence-electron chi connectivity index (χ3n) is 4.58. The van der Waals surface area contributed by atoms with Crippen LogP contribution in [0.5, 0.6) is 0 Å². The number of methoxy groups -OCH3 is 1. The molecule has 10 nitrogen and oxygen atoms in total. The van der Waals surface area contributed by atoms with Crippen molar-refractivity contribution in [1.29, 1.82) is 0 Å². The van der Waals surface area contributed by atoms with Crippen molar-refractivity contribution in [3.63, 3.8) is 0 Å². The molecule has 2 aromatic carbocycles. The van der Waals surface area contributed by atoms with Gasteiger partial charge >= 0.3 is 5.97 Å². The van der Waals surface area contributed by atoms with Crippen LogP contribution in [-0.2, 0) is 35.5 Å². The second kappa shape index (κ2) is 13.4. The largest absolute Gasteiger partial charge is 0.464 e. The number of benzene rings is 2. The number of rotatable bonds is 11. The van der Waals surface area contributed by atoms with E-state index in [4.69, 9.17) is 24.1 Å². The van der Waals surface area contributed by atoms with Crippen LogP contribution < -0.4 is 0 Å². The van der Waals surface area contributed by atoms with Gasteiger partial charge in [-0.25, -0.2) is 4.79 Å². The first-order valence-corrected chi connectivity index (χ1v) is 10.2. The van der Waals surface area contributed by atoms with Crippen LogP contribution in [0.25, 0.3) is 0 Å². The number of ether oxygens (including phenoxy) is 1. The molecule has 0 aromatic heterocycles. The standard InChI is InChI=1S/C24H28N4O6/c1-16(25-31-4)18-11-13-19(14-12-18)22(27-32-5)17(2)26-34-15-20-9-7-8-10-21(20)23(28-33-6)24(29)30-3/h7-14H,15H2,1-6H3. The Morgan fingerprint density at radius 2 is 1.32 bits per heavy atom. The first-order chi connectivity index (χ1) is 16.5. The minimum atomic E-state index is -0.627. The van der Waals surface area contributed by atoms with Gasteiger partial charge in [-0.15, -0.1) is 0 Å². The minimum Gasteiger partial charge on any atom is -0.464 e. The molecule has 0 unspecified atom stereocenters. The predicted molar refractivity (Wildman–Crippen MR) is 129 cm³/mol. The van der Waals surface area contributed by atoms with Gasteiger partial charge in [-0.3, -0.25) is 0 Å². The monoisotopic (exact) mass is 468 g/mol. The molecular formula is C24H28N4O6. The summed E-state index contributed by atoms with van der Waals surface area (Å²) in [6, 6.07) is 14.6. The molecule has 0 heterocycles. The zero-order valence-electron chi connectivity index (χ0n) is 20.1. The van der Waals surface area contributed by atoms with Gasteiger partial charge in [0.15, 0.2) is 5.71 Å². The van der Waals surface area contributed by atoms with Crippen molar-refractivity contribution in [3.8, 4) is 0 Å². The highest BCUT2D eigenvalue weighted by atomic mass is 16.6. The third kappa shape index (κ3) is 6.89. The van der Waals surface area contributed by atoms with E-state index >= 15 is 0 Å². The Morgan fingerprint density at radius 3 is 1.94 bits per heavy atom. The smallest absolute Gasteiger partial charge is 0.360 e. The molecule has 0 N–H and O–H groups in total. The quantitative estimate of drug-likeness (QED) is 0.283. The lowest BCUT2D eigenvalue weighted by molar-refractivity contribution is -0.132. The van der Waals surface area contributed by atoms with Gasteiger partial charge in [-0.1, -0.05) is 69.2 Å². The summed E-state index contributed by atoms with van der Waals surface area (Å²) in [6.45, 7) is 3.67. The maximum atomic E-state index is 12.1. The van der Waals surface area contributed by atoms with Gasteiger partial charge in [0.2, 0.25) is 0 Å². The van der Waals surface area contributed by atoms with Gasteiger partial charge in [0, 0.05) is 16.7 Å². The van der Waals surface area contributed by atoms with E-state index in [2.05, 4.69) is 20.6 Å².